The van der Waals surface area contributed by atoms with Crippen LogP contribution in [0, 0.1) is 5.92 Å². The van der Waals surface area contributed by atoms with Gasteiger partial charge >= 0.3 is 0 Å². The van der Waals surface area contributed by atoms with Crippen molar-refractivity contribution in [3.8, 4) is 0 Å². The molecule has 0 spiro atoms. The molecule has 10 heavy (non-hydrogen) atoms. The number of piperidine rings is 1. The van der Waals surface area contributed by atoms with Crippen molar-refractivity contribution in [3.63, 3.8) is 0 Å². The van der Waals surface area contributed by atoms with Crippen LogP contribution in [-0.2, 0) is 0 Å². The van der Waals surface area contributed by atoms with Crippen LogP contribution in [0.3, 0.4) is 0 Å². The molecule has 1 saturated heterocycles. The Morgan fingerprint density at radius 1 is 1.50 bits per heavy atom. The number of rotatable bonds is 0. The highest BCUT2D eigenvalue weighted by molar-refractivity contribution is 5.60. The van der Waals surface area contributed by atoms with Crippen LogP contribution >= 0.6 is 0 Å². The van der Waals surface area contributed by atoms with Gasteiger partial charge in [0.2, 0.25) is 0 Å². The third-order valence-electron chi connectivity index (χ3n) is 2.44. The molecule has 2 heteroatoms. The van der Waals surface area contributed by atoms with E-state index in [1.54, 1.807) is 0 Å². The van der Waals surface area contributed by atoms with E-state index in [1.807, 2.05) is 0 Å². The number of hydrogen-bond acceptors (Lipinski definition) is 2. The average molecular weight is 138 g/mol. The fourth-order valence-electron chi connectivity index (χ4n) is 1.86. The van der Waals surface area contributed by atoms with E-state index in [-0.39, 0.29) is 0 Å². The molecule has 2 atom stereocenters. The first kappa shape index (κ1) is 6.35. The predicted octanol–water partition coefficient (Wildman–Crippen LogP) is 0.783. The quantitative estimate of drug-likeness (QED) is 0.483. The fourth-order valence-corrected chi connectivity index (χ4v) is 1.86. The molecule has 0 aromatic heterocycles. The molecule has 0 aromatic rings. The Kier molecular flexibility index (Phi) is 1.72. The zero-order valence-corrected chi connectivity index (χ0v) is 6.29. The van der Waals surface area contributed by atoms with E-state index in [9.17, 15) is 0 Å². The van der Waals surface area contributed by atoms with Crippen molar-refractivity contribution in [2.24, 2.45) is 10.9 Å². The predicted molar refractivity (Wildman–Crippen MR) is 42.5 cm³/mol. The van der Waals surface area contributed by atoms with Gasteiger partial charge in [-0.3, -0.25) is 9.89 Å². The van der Waals surface area contributed by atoms with Gasteiger partial charge in [0.15, 0.2) is 0 Å². The molecule has 0 N–H and O–H groups in total. The van der Waals surface area contributed by atoms with Crippen LogP contribution in [0.1, 0.15) is 12.8 Å². The monoisotopic (exact) mass is 138 g/mol. The Bertz CT molecular complexity index is 128. The van der Waals surface area contributed by atoms with Crippen LogP contribution in [-0.4, -0.2) is 37.3 Å². The van der Waals surface area contributed by atoms with Gasteiger partial charge in [0.05, 0.1) is 0 Å². The van der Waals surface area contributed by atoms with Gasteiger partial charge in [-0.15, -0.1) is 0 Å². The van der Waals surface area contributed by atoms with Gasteiger partial charge in [-0.2, -0.15) is 0 Å². The van der Waals surface area contributed by atoms with Gasteiger partial charge in [-0.1, -0.05) is 0 Å². The Balaban J connectivity index is 2.03. The molecular weight excluding hydrogens is 124 g/mol. The first-order valence-electron chi connectivity index (χ1n) is 4.16. The van der Waals surface area contributed by atoms with Crippen LogP contribution < -0.4 is 0 Å². The molecule has 2 rings (SSSR count). The Morgan fingerprint density at radius 2 is 2.50 bits per heavy atom. The van der Waals surface area contributed by atoms with E-state index in [0.29, 0.717) is 0 Å². The normalized spacial score (nSPS) is 39.2. The third-order valence-corrected chi connectivity index (χ3v) is 2.44. The minimum absolute atomic E-state index is 0.868. The lowest BCUT2D eigenvalue weighted by Gasteiger charge is -2.28. The van der Waals surface area contributed by atoms with Crippen molar-refractivity contribution in [2.75, 3.05) is 26.2 Å². The summed E-state index contributed by atoms with van der Waals surface area (Å²) in [5.41, 5.74) is 0. The lowest BCUT2D eigenvalue weighted by Crippen LogP contribution is -2.35. The molecule has 0 saturated carbocycles. The van der Waals surface area contributed by atoms with E-state index >= 15 is 0 Å². The molecular formula is C8H14N2. The lowest BCUT2D eigenvalue weighted by atomic mass is 9.99. The first-order chi connectivity index (χ1) is 4.95. The number of fused-ring (bicyclic) bond motifs is 2. The zero-order chi connectivity index (χ0) is 6.81. The van der Waals surface area contributed by atoms with Crippen LogP contribution in [0.2, 0.25) is 0 Å². The average Bonchev–Trinajstić information content (AvgIpc) is 2.12. The van der Waals surface area contributed by atoms with Gasteiger partial charge < -0.3 is 0 Å². The van der Waals surface area contributed by atoms with E-state index in [0.717, 1.165) is 19.0 Å². The van der Waals surface area contributed by atoms with Crippen molar-refractivity contribution in [3.05, 3.63) is 0 Å². The highest BCUT2D eigenvalue weighted by Crippen LogP contribution is 2.17. The van der Waals surface area contributed by atoms with Gasteiger partial charge in [0.25, 0.3) is 0 Å². The summed E-state index contributed by atoms with van der Waals surface area (Å²) >= 11 is 0. The number of aliphatic imine (C=N–C) groups is 1. The van der Waals surface area contributed by atoms with E-state index < -0.39 is 0 Å². The molecule has 2 heterocycles. The molecule has 2 aliphatic rings. The molecule has 1 fully saturated rings. The summed E-state index contributed by atoms with van der Waals surface area (Å²) < 4.78 is 0. The summed E-state index contributed by atoms with van der Waals surface area (Å²) in [6.07, 6.45) is 4.85. The largest absolute Gasteiger partial charge is 0.298 e. The number of nitrogens with zero attached hydrogens (tertiary/aromatic N) is 2. The van der Waals surface area contributed by atoms with E-state index in [4.69, 9.17) is 0 Å². The Hall–Kier alpha value is -0.370. The zero-order valence-electron chi connectivity index (χ0n) is 6.29. The fraction of sp³-hybridized carbons (Fsp3) is 0.875. The maximum absolute atomic E-state index is 4.35. The topological polar surface area (TPSA) is 15.6 Å². The van der Waals surface area contributed by atoms with Gasteiger partial charge in [-0.25, -0.2) is 0 Å². The minimum atomic E-state index is 0.868. The Morgan fingerprint density at radius 3 is 3.50 bits per heavy atom. The third kappa shape index (κ3) is 1.21. The highest BCUT2D eigenvalue weighted by atomic mass is 15.1. The standard InChI is InChI=1S/C8H14N2/c1-2-8-6-9-3-5-10(4-1)7-8/h3,8H,1-2,4-7H2. The van der Waals surface area contributed by atoms with Crippen LogP contribution in [0.4, 0.5) is 0 Å². The van der Waals surface area contributed by atoms with Crippen LogP contribution in [0.15, 0.2) is 4.99 Å². The first-order valence-corrected chi connectivity index (χ1v) is 4.16. The summed E-state index contributed by atoms with van der Waals surface area (Å²) in [6.45, 7) is 4.76. The van der Waals surface area contributed by atoms with Gasteiger partial charge in [0, 0.05) is 25.8 Å². The SMILES string of the molecule is C1=NCC2CCCN(C1)C2. The molecule has 0 aromatic carbocycles. The summed E-state index contributed by atoms with van der Waals surface area (Å²) in [5.74, 6) is 0.868. The lowest BCUT2D eigenvalue weighted by molar-refractivity contribution is 0.208. The smallest absolute Gasteiger partial charge is 0.0426 e. The summed E-state index contributed by atoms with van der Waals surface area (Å²) in [5, 5.41) is 0. The molecule has 0 amide bonds. The molecule has 56 valence electrons. The summed E-state index contributed by atoms with van der Waals surface area (Å²) in [7, 11) is 0. The van der Waals surface area contributed by atoms with Gasteiger partial charge in [-0.05, 0) is 25.3 Å². The molecule has 2 unspecified atom stereocenters. The maximum atomic E-state index is 4.35. The molecule has 0 aliphatic carbocycles. The Labute approximate surface area is 61.9 Å². The molecule has 2 nitrogen and oxygen atoms in total. The minimum Gasteiger partial charge on any atom is -0.298 e. The van der Waals surface area contributed by atoms with E-state index in [2.05, 4.69) is 16.1 Å². The van der Waals surface area contributed by atoms with Crippen LogP contribution in [0.5, 0.6) is 0 Å². The molecule has 2 aliphatic heterocycles. The molecule has 0 radical (unpaired) electrons. The van der Waals surface area contributed by atoms with Crippen molar-refractivity contribution < 1.29 is 0 Å². The number of hydrogen-bond donors (Lipinski definition) is 0. The van der Waals surface area contributed by atoms with Crippen molar-refractivity contribution >= 4 is 6.21 Å². The van der Waals surface area contributed by atoms with Crippen molar-refractivity contribution in [2.45, 2.75) is 12.8 Å². The van der Waals surface area contributed by atoms with Gasteiger partial charge in [0.1, 0.15) is 0 Å². The second kappa shape index (κ2) is 2.70. The molecule has 2 bridgehead atoms. The van der Waals surface area contributed by atoms with E-state index in [1.165, 1.54) is 25.9 Å². The summed E-state index contributed by atoms with van der Waals surface area (Å²) in [6, 6.07) is 0. The van der Waals surface area contributed by atoms with Crippen LogP contribution in [0.25, 0.3) is 0 Å². The van der Waals surface area contributed by atoms with Crippen molar-refractivity contribution in [1.82, 2.24) is 4.90 Å². The summed E-state index contributed by atoms with van der Waals surface area (Å²) in [4.78, 5) is 6.85. The second-order valence-corrected chi connectivity index (χ2v) is 3.32. The second-order valence-electron chi connectivity index (χ2n) is 3.32. The van der Waals surface area contributed by atoms with Crippen molar-refractivity contribution in [1.29, 1.82) is 0 Å². The maximum Gasteiger partial charge on any atom is 0.0426 e. The highest BCUT2D eigenvalue weighted by Gasteiger charge is 2.19.